The van der Waals surface area contributed by atoms with Crippen LogP contribution >= 0.6 is 11.8 Å². The summed E-state index contributed by atoms with van der Waals surface area (Å²) >= 11 is 1.44. The third-order valence-electron chi connectivity index (χ3n) is 7.86. The molecule has 2 aromatic heterocycles. The molecule has 0 radical (unpaired) electrons. The molecule has 0 saturated carbocycles. The Bertz CT molecular complexity index is 2200. The van der Waals surface area contributed by atoms with E-state index in [9.17, 15) is 18.0 Å². The van der Waals surface area contributed by atoms with Crippen LogP contribution in [0.2, 0.25) is 0 Å². The second kappa shape index (κ2) is 15.7. The first-order chi connectivity index (χ1) is 24.7. The minimum absolute atomic E-state index is 0.00127. The number of nitrogens with one attached hydrogen (secondary N) is 1. The fraction of sp³-hybridized carbons (Fsp3) is 0.289. The number of fused-ring (bicyclic) bond motifs is 1. The summed E-state index contributed by atoms with van der Waals surface area (Å²) in [6.45, 7) is 13.1. The number of ether oxygens (including phenoxy) is 4. The maximum Gasteiger partial charge on any atom is 0.408 e. The molecule has 1 atom stereocenters. The predicted octanol–water partition coefficient (Wildman–Crippen LogP) is 7.34. The van der Waals surface area contributed by atoms with E-state index in [2.05, 4.69) is 16.9 Å². The van der Waals surface area contributed by atoms with Crippen molar-refractivity contribution in [3.05, 3.63) is 108 Å². The Kier molecular flexibility index (Phi) is 11.5. The number of amides is 1. The van der Waals surface area contributed by atoms with Crippen molar-refractivity contribution in [1.29, 1.82) is 0 Å². The summed E-state index contributed by atoms with van der Waals surface area (Å²) in [5.74, 6) is -0.635. The molecule has 0 aliphatic heterocycles. The van der Waals surface area contributed by atoms with E-state index in [1.54, 1.807) is 65.3 Å². The second-order valence-corrected chi connectivity index (χ2v) is 15.6. The van der Waals surface area contributed by atoms with Crippen molar-refractivity contribution in [2.24, 2.45) is 0 Å². The zero-order chi connectivity index (χ0) is 37.8. The van der Waals surface area contributed by atoms with Gasteiger partial charge in [0.15, 0.2) is 11.2 Å². The second-order valence-electron chi connectivity index (χ2n) is 12.7. The number of aromatic nitrogens is 3. The summed E-state index contributed by atoms with van der Waals surface area (Å²) in [5, 5.41) is 3.53. The lowest BCUT2D eigenvalue weighted by molar-refractivity contribution is -0.145. The number of imidazole rings is 1. The first-order valence-corrected chi connectivity index (χ1v) is 18.6. The van der Waals surface area contributed by atoms with Gasteiger partial charge in [-0.2, -0.15) is 0 Å². The Morgan fingerprint density at radius 2 is 1.71 bits per heavy atom. The molecule has 1 amide bonds. The van der Waals surface area contributed by atoms with Gasteiger partial charge in [0, 0.05) is 34.7 Å². The van der Waals surface area contributed by atoms with Crippen LogP contribution in [0.15, 0.2) is 101 Å². The fourth-order valence-corrected chi connectivity index (χ4v) is 7.82. The van der Waals surface area contributed by atoms with Gasteiger partial charge in [-0.05, 0) is 76.6 Å². The third kappa shape index (κ3) is 8.04. The maximum atomic E-state index is 14.5. The van der Waals surface area contributed by atoms with Crippen molar-refractivity contribution in [2.45, 2.75) is 67.9 Å². The highest BCUT2D eigenvalue weighted by Crippen LogP contribution is 2.42. The van der Waals surface area contributed by atoms with Crippen LogP contribution in [0.4, 0.5) is 4.79 Å². The van der Waals surface area contributed by atoms with Crippen molar-refractivity contribution in [2.75, 3.05) is 20.8 Å². The summed E-state index contributed by atoms with van der Waals surface area (Å²) in [6, 6.07) is 18.0. The smallest absolute Gasteiger partial charge is 0.408 e. The van der Waals surface area contributed by atoms with Gasteiger partial charge in [0.2, 0.25) is 0 Å². The zero-order valence-electron chi connectivity index (χ0n) is 30.1. The number of hydrogen-bond donors (Lipinski definition) is 1. The minimum Gasteiger partial charge on any atom is -0.495 e. The molecule has 5 rings (SSSR count). The topological polar surface area (TPSA) is 140 Å². The Hall–Kier alpha value is -5.05. The Morgan fingerprint density at radius 3 is 2.33 bits per heavy atom. The van der Waals surface area contributed by atoms with Crippen molar-refractivity contribution in [1.82, 2.24) is 18.8 Å². The lowest BCUT2D eigenvalue weighted by Crippen LogP contribution is -2.38. The molecule has 14 heteroatoms. The Labute approximate surface area is 307 Å². The number of nitrogens with zero attached hydrogens (tertiary/aromatic N) is 3. The standard InChI is InChI=1S/C38H42N4O8S2/c1-9-49-35(43)33(40-37(44)50-38(4,5)6)29-22-42(52(45,46)27-17-15-24(2)16-18-27)34-31(48-8)20-19-28(32(29)34)25(3)30-21-39-36(41(30)23-47-7)51-26-13-11-10-12-14-26/h10-22,33H,3,9,23H2,1-2,4-8H3,(H,40,44). The monoisotopic (exact) mass is 746 g/mol. The largest absolute Gasteiger partial charge is 0.495 e. The fourth-order valence-electron chi connectivity index (χ4n) is 5.57. The molecular weight excluding hydrogens is 705 g/mol. The lowest BCUT2D eigenvalue weighted by atomic mass is 9.95. The summed E-state index contributed by atoms with van der Waals surface area (Å²) < 4.78 is 54.1. The normalized spacial score (nSPS) is 12.4. The SMILES string of the molecule is C=C(c1ccc(OC)c2c1c(C(NC(=O)OC(C)(C)C)C(=O)OCC)cn2S(=O)(=O)c1ccc(C)cc1)c1cnc(Sc2ccccc2)n1COC. The van der Waals surface area contributed by atoms with Gasteiger partial charge < -0.3 is 24.3 Å². The number of benzene rings is 3. The average Bonchev–Trinajstić information content (AvgIpc) is 3.69. The van der Waals surface area contributed by atoms with Gasteiger partial charge >= 0.3 is 12.1 Å². The molecule has 0 fully saturated rings. The van der Waals surface area contributed by atoms with Gasteiger partial charge in [-0.15, -0.1) is 0 Å². The van der Waals surface area contributed by atoms with E-state index in [0.717, 1.165) is 14.4 Å². The molecule has 3 aromatic carbocycles. The molecule has 0 spiro atoms. The van der Waals surface area contributed by atoms with Crippen molar-refractivity contribution < 1.29 is 37.0 Å². The number of rotatable bonds is 13. The summed E-state index contributed by atoms with van der Waals surface area (Å²) in [4.78, 5) is 32.6. The van der Waals surface area contributed by atoms with Crippen LogP contribution < -0.4 is 10.1 Å². The summed E-state index contributed by atoms with van der Waals surface area (Å²) in [7, 11) is -1.32. The van der Waals surface area contributed by atoms with Crippen LogP contribution in [0.25, 0.3) is 16.5 Å². The molecule has 12 nitrogen and oxygen atoms in total. The molecule has 1 N–H and O–H groups in total. The Balaban J connectivity index is 1.80. The molecule has 2 heterocycles. The quantitative estimate of drug-likeness (QED) is 0.122. The highest BCUT2D eigenvalue weighted by molar-refractivity contribution is 7.99. The first-order valence-electron chi connectivity index (χ1n) is 16.4. The first kappa shape index (κ1) is 38.2. The highest BCUT2D eigenvalue weighted by Gasteiger charge is 2.35. The molecule has 0 saturated heterocycles. The molecule has 0 aliphatic rings. The van der Waals surface area contributed by atoms with Gasteiger partial charge in [-0.1, -0.05) is 54.2 Å². The molecule has 1 unspecified atom stereocenters. The molecule has 274 valence electrons. The van der Waals surface area contributed by atoms with Gasteiger partial charge in [-0.25, -0.2) is 27.0 Å². The van der Waals surface area contributed by atoms with Crippen LogP contribution in [-0.2, 0) is 35.8 Å². The van der Waals surface area contributed by atoms with E-state index >= 15 is 0 Å². The third-order valence-corrected chi connectivity index (χ3v) is 10.6. The number of carbonyl (C=O) groups is 2. The van der Waals surface area contributed by atoms with Gasteiger partial charge in [-0.3, -0.25) is 4.57 Å². The number of methoxy groups -OCH3 is 2. The highest BCUT2D eigenvalue weighted by atomic mass is 32.2. The van der Waals surface area contributed by atoms with Crippen LogP contribution in [0.1, 0.15) is 56.1 Å². The number of aryl methyl sites for hydroxylation is 1. The van der Waals surface area contributed by atoms with E-state index in [1.165, 1.54) is 37.2 Å². The van der Waals surface area contributed by atoms with Crippen LogP contribution in [-0.4, -0.2) is 60.4 Å². The molecule has 5 aromatic rings. The van der Waals surface area contributed by atoms with Gasteiger partial charge in [0.25, 0.3) is 10.0 Å². The maximum absolute atomic E-state index is 14.5. The van der Waals surface area contributed by atoms with Crippen LogP contribution in [0.3, 0.4) is 0 Å². The van der Waals surface area contributed by atoms with E-state index in [1.807, 2.05) is 41.8 Å². The summed E-state index contributed by atoms with van der Waals surface area (Å²) in [5.41, 5.74) is 1.65. The zero-order valence-corrected chi connectivity index (χ0v) is 31.8. The van der Waals surface area contributed by atoms with Gasteiger partial charge in [0.1, 0.15) is 23.6 Å². The van der Waals surface area contributed by atoms with E-state index in [4.69, 9.17) is 18.9 Å². The number of carbonyl (C=O) groups excluding carboxylic acids is 2. The van der Waals surface area contributed by atoms with E-state index < -0.39 is 33.7 Å². The van der Waals surface area contributed by atoms with Crippen LogP contribution in [0.5, 0.6) is 5.75 Å². The van der Waals surface area contributed by atoms with Crippen molar-refractivity contribution in [3.8, 4) is 5.75 Å². The summed E-state index contributed by atoms with van der Waals surface area (Å²) in [6.07, 6.45) is 2.06. The number of esters is 1. The van der Waals surface area contributed by atoms with Crippen LogP contribution in [0, 0.1) is 6.92 Å². The molecule has 0 aliphatic carbocycles. The average molecular weight is 747 g/mol. The van der Waals surface area contributed by atoms with E-state index in [0.29, 0.717) is 22.0 Å². The minimum atomic E-state index is -4.31. The van der Waals surface area contributed by atoms with Crippen molar-refractivity contribution in [3.63, 3.8) is 0 Å². The lowest BCUT2D eigenvalue weighted by Gasteiger charge is -2.23. The van der Waals surface area contributed by atoms with Crippen molar-refractivity contribution >= 4 is 50.3 Å². The van der Waals surface area contributed by atoms with E-state index in [-0.39, 0.29) is 40.4 Å². The number of hydrogen-bond acceptors (Lipinski definition) is 10. The molecule has 52 heavy (non-hydrogen) atoms. The molecule has 0 bridgehead atoms. The Morgan fingerprint density at radius 1 is 1.02 bits per heavy atom. The predicted molar refractivity (Wildman–Crippen MR) is 199 cm³/mol. The number of alkyl carbamates (subject to hydrolysis) is 1. The van der Waals surface area contributed by atoms with Gasteiger partial charge in [0.05, 0.1) is 30.5 Å². The molecular formula is C38H42N4O8S2.